The molecule has 0 unspecified atom stereocenters. The van der Waals surface area contributed by atoms with Gasteiger partial charge in [-0.25, -0.2) is 0 Å². The Balaban J connectivity index is 1.44. The van der Waals surface area contributed by atoms with E-state index in [0.717, 1.165) is 50.0 Å². The number of anilines is 2. The quantitative estimate of drug-likeness (QED) is 0.639. The van der Waals surface area contributed by atoms with E-state index >= 15 is 0 Å². The number of ether oxygens (including phenoxy) is 1. The number of rotatable bonds is 6. The standard InChI is InChI=1S/C29H38N4O3/c1-32(2)25-15-9-14-23-26(25)27-20(24(30-23)18-36-3)16-17-33(27)29(35)21-12-7-8-13-22(21)31-28(34)19-10-5-4-6-11-19/h4-6,9-11,14-15,20-22,24,27,30H,7-8,12-13,16-18H2,1-3H3,(H,31,34)/t20-,21+,22-,24+,27-/m1/s1. The van der Waals surface area contributed by atoms with Crippen LogP contribution in [0.2, 0.25) is 0 Å². The van der Waals surface area contributed by atoms with Crippen LogP contribution in [0.4, 0.5) is 11.4 Å². The second-order valence-corrected chi connectivity index (χ2v) is 10.6. The molecule has 2 aliphatic heterocycles. The topological polar surface area (TPSA) is 73.9 Å². The molecule has 5 atom stereocenters. The Morgan fingerprint density at radius 3 is 2.58 bits per heavy atom. The highest BCUT2D eigenvalue weighted by Crippen LogP contribution is 2.50. The first-order valence-electron chi connectivity index (χ1n) is 13.2. The Kier molecular flexibility index (Phi) is 7.19. The van der Waals surface area contributed by atoms with E-state index in [1.54, 1.807) is 7.11 Å². The summed E-state index contributed by atoms with van der Waals surface area (Å²) >= 11 is 0. The molecule has 7 heteroatoms. The molecule has 1 aliphatic carbocycles. The van der Waals surface area contributed by atoms with Crippen molar-refractivity contribution in [1.82, 2.24) is 10.2 Å². The van der Waals surface area contributed by atoms with Gasteiger partial charge < -0.3 is 25.2 Å². The first-order valence-corrected chi connectivity index (χ1v) is 13.2. The summed E-state index contributed by atoms with van der Waals surface area (Å²) in [6.45, 7) is 1.33. The van der Waals surface area contributed by atoms with Crippen LogP contribution < -0.4 is 15.5 Å². The minimum absolute atomic E-state index is 0.0000913. The van der Waals surface area contributed by atoms with E-state index in [0.29, 0.717) is 12.2 Å². The fourth-order valence-corrected chi connectivity index (χ4v) is 6.54. The van der Waals surface area contributed by atoms with Crippen molar-refractivity contribution in [3.63, 3.8) is 0 Å². The summed E-state index contributed by atoms with van der Waals surface area (Å²) < 4.78 is 5.57. The van der Waals surface area contributed by atoms with Gasteiger partial charge in [-0.3, -0.25) is 9.59 Å². The third-order valence-electron chi connectivity index (χ3n) is 8.23. The SMILES string of the molecule is COC[C@@H]1Nc2cccc(N(C)C)c2[C@H]2[C@@H]1CCN2C(=O)[C@H]1CCCC[C@H]1NC(=O)c1ccccc1. The van der Waals surface area contributed by atoms with Crippen molar-refractivity contribution in [1.29, 1.82) is 0 Å². The van der Waals surface area contributed by atoms with E-state index in [4.69, 9.17) is 4.74 Å². The van der Waals surface area contributed by atoms with Crippen molar-refractivity contribution in [2.24, 2.45) is 11.8 Å². The fraction of sp³-hybridized carbons (Fsp3) is 0.517. The number of benzene rings is 2. The molecule has 2 aromatic rings. The van der Waals surface area contributed by atoms with E-state index in [9.17, 15) is 9.59 Å². The molecule has 0 aromatic heterocycles. The lowest BCUT2D eigenvalue weighted by Gasteiger charge is -2.43. The monoisotopic (exact) mass is 490 g/mol. The predicted molar refractivity (Wildman–Crippen MR) is 142 cm³/mol. The Hall–Kier alpha value is -3.06. The van der Waals surface area contributed by atoms with Gasteiger partial charge in [0.15, 0.2) is 0 Å². The lowest BCUT2D eigenvalue weighted by atomic mass is 9.80. The van der Waals surface area contributed by atoms with Gasteiger partial charge in [-0.15, -0.1) is 0 Å². The minimum atomic E-state index is -0.198. The zero-order valence-corrected chi connectivity index (χ0v) is 21.6. The van der Waals surface area contributed by atoms with Crippen LogP contribution in [-0.4, -0.2) is 63.2 Å². The van der Waals surface area contributed by atoms with Crippen LogP contribution in [0.1, 0.15) is 54.1 Å². The van der Waals surface area contributed by atoms with Crippen molar-refractivity contribution < 1.29 is 14.3 Å². The highest BCUT2D eigenvalue weighted by molar-refractivity contribution is 5.95. The van der Waals surface area contributed by atoms with Crippen LogP contribution in [0.15, 0.2) is 48.5 Å². The van der Waals surface area contributed by atoms with E-state index in [2.05, 4.69) is 52.7 Å². The van der Waals surface area contributed by atoms with Crippen LogP contribution in [0.3, 0.4) is 0 Å². The van der Waals surface area contributed by atoms with Crippen LogP contribution >= 0.6 is 0 Å². The van der Waals surface area contributed by atoms with Gasteiger partial charge in [0.2, 0.25) is 5.91 Å². The molecule has 1 saturated heterocycles. The van der Waals surface area contributed by atoms with Crippen molar-refractivity contribution in [2.45, 2.75) is 50.2 Å². The number of carbonyl (C=O) groups is 2. The summed E-state index contributed by atoms with van der Waals surface area (Å²) in [7, 11) is 5.86. The van der Waals surface area contributed by atoms with Crippen molar-refractivity contribution in [3.8, 4) is 0 Å². The summed E-state index contributed by atoms with van der Waals surface area (Å²) in [5.41, 5.74) is 4.07. The van der Waals surface area contributed by atoms with Gasteiger partial charge in [0.05, 0.1) is 24.6 Å². The average Bonchev–Trinajstić information content (AvgIpc) is 3.34. The number of likely N-dealkylation sites (tertiary alicyclic amines) is 1. The highest BCUT2D eigenvalue weighted by Gasteiger charge is 2.49. The lowest BCUT2D eigenvalue weighted by Crippen LogP contribution is -2.51. The maximum Gasteiger partial charge on any atom is 0.251 e. The number of nitrogens with zero attached hydrogens (tertiary/aromatic N) is 2. The number of methoxy groups -OCH3 is 1. The molecular weight excluding hydrogens is 452 g/mol. The lowest BCUT2D eigenvalue weighted by molar-refractivity contribution is -0.139. The molecule has 192 valence electrons. The first kappa shape index (κ1) is 24.6. The van der Waals surface area contributed by atoms with Crippen molar-refractivity contribution in [3.05, 3.63) is 59.7 Å². The summed E-state index contributed by atoms with van der Waals surface area (Å²) in [5, 5.41) is 6.92. The maximum absolute atomic E-state index is 14.2. The van der Waals surface area contributed by atoms with Crippen LogP contribution in [0.25, 0.3) is 0 Å². The number of fused-ring (bicyclic) bond motifs is 3. The predicted octanol–water partition coefficient (Wildman–Crippen LogP) is 4.07. The minimum Gasteiger partial charge on any atom is -0.383 e. The Labute approximate surface area is 214 Å². The summed E-state index contributed by atoms with van der Waals surface area (Å²) in [5.74, 6) is 0.166. The molecule has 0 radical (unpaired) electrons. The largest absolute Gasteiger partial charge is 0.383 e. The number of nitrogens with one attached hydrogen (secondary N) is 2. The third kappa shape index (κ3) is 4.57. The molecule has 2 fully saturated rings. The van der Waals surface area contributed by atoms with E-state index in [-0.39, 0.29) is 41.8 Å². The molecule has 2 N–H and O–H groups in total. The number of carbonyl (C=O) groups excluding carboxylic acids is 2. The van der Waals surface area contributed by atoms with Crippen molar-refractivity contribution >= 4 is 23.2 Å². The van der Waals surface area contributed by atoms with E-state index < -0.39 is 0 Å². The highest BCUT2D eigenvalue weighted by atomic mass is 16.5. The number of hydrogen-bond acceptors (Lipinski definition) is 5. The molecule has 2 amide bonds. The average molecular weight is 491 g/mol. The zero-order valence-electron chi connectivity index (χ0n) is 21.6. The number of amides is 2. The Morgan fingerprint density at radius 1 is 1.06 bits per heavy atom. The first-order chi connectivity index (χ1) is 17.5. The number of hydrogen-bond donors (Lipinski definition) is 2. The van der Waals surface area contributed by atoms with Crippen LogP contribution in [-0.2, 0) is 9.53 Å². The smallest absolute Gasteiger partial charge is 0.251 e. The molecular formula is C29H38N4O3. The van der Waals surface area contributed by atoms with Gasteiger partial charge in [0.25, 0.3) is 5.91 Å². The van der Waals surface area contributed by atoms with Gasteiger partial charge in [-0.1, -0.05) is 37.1 Å². The maximum atomic E-state index is 14.2. The summed E-state index contributed by atoms with van der Waals surface area (Å²) in [4.78, 5) is 31.5. The summed E-state index contributed by atoms with van der Waals surface area (Å²) in [6.07, 6.45) is 4.64. The molecule has 5 rings (SSSR count). The molecule has 2 aromatic carbocycles. The normalized spacial score (nSPS) is 27.0. The third-order valence-corrected chi connectivity index (χ3v) is 8.23. The van der Waals surface area contributed by atoms with E-state index in [1.165, 1.54) is 5.56 Å². The fourth-order valence-electron chi connectivity index (χ4n) is 6.54. The van der Waals surface area contributed by atoms with E-state index in [1.807, 2.05) is 30.3 Å². The second-order valence-electron chi connectivity index (χ2n) is 10.6. The van der Waals surface area contributed by atoms with Crippen LogP contribution in [0.5, 0.6) is 0 Å². The van der Waals surface area contributed by atoms with Gasteiger partial charge in [-0.2, -0.15) is 0 Å². The Morgan fingerprint density at radius 2 is 1.83 bits per heavy atom. The van der Waals surface area contributed by atoms with Gasteiger partial charge >= 0.3 is 0 Å². The molecule has 0 bridgehead atoms. The molecule has 2 heterocycles. The second kappa shape index (κ2) is 10.5. The van der Waals surface area contributed by atoms with Crippen molar-refractivity contribution in [2.75, 3.05) is 44.6 Å². The molecule has 36 heavy (non-hydrogen) atoms. The van der Waals surface area contributed by atoms with Gasteiger partial charge in [0.1, 0.15) is 0 Å². The Bertz CT molecular complexity index is 1090. The molecule has 0 spiro atoms. The molecule has 7 nitrogen and oxygen atoms in total. The molecule has 3 aliphatic rings. The van der Waals surface area contributed by atoms with Crippen LogP contribution in [0, 0.1) is 11.8 Å². The van der Waals surface area contributed by atoms with Gasteiger partial charge in [0, 0.05) is 62.2 Å². The summed E-state index contributed by atoms with van der Waals surface area (Å²) in [6, 6.07) is 15.6. The van der Waals surface area contributed by atoms with Gasteiger partial charge in [-0.05, 0) is 43.5 Å². The zero-order chi connectivity index (χ0) is 25.2. The molecule has 1 saturated carbocycles.